The highest BCUT2D eigenvalue weighted by atomic mass is 127. The molecule has 0 saturated carbocycles. The molecular formula is C37H46INO9. The standard InChI is InChI=1S/C37H46INO9/c1-3-10-23(17-24-18-29(38)35(44)31(19-24)47-2)14-15-30(41)33-25(22-48-26-11-6-4-7-12-26)20-27-34(28(33)21-40)37(46)39(36(27)45)16-9-5-8-13-32(42)43/h4,6-7,11-12,17-19,27-28,30,34,40-41,44H,3,5,8-10,13-16,20-22H2,1-2H3,(H,42,43)/b23-17+/t27-,28+,30-,34-/m1/s1. The molecule has 1 heterocycles. The number of phenols is 1. The summed E-state index contributed by atoms with van der Waals surface area (Å²) in [6, 6.07) is 12.9. The first-order valence-electron chi connectivity index (χ1n) is 16.6. The van der Waals surface area contributed by atoms with Crippen molar-refractivity contribution in [2.45, 2.75) is 70.8 Å². The van der Waals surface area contributed by atoms with E-state index in [4.69, 9.17) is 14.6 Å². The number of methoxy groups -OCH3 is 1. The van der Waals surface area contributed by atoms with Gasteiger partial charge in [-0.3, -0.25) is 19.3 Å². The molecule has 0 unspecified atom stereocenters. The minimum absolute atomic E-state index is 0.0350. The predicted octanol–water partition coefficient (Wildman–Crippen LogP) is 5.96. The number of unbranched alkanes of at least 4 members (excludes halogenated alkanes) is 2. The average Bonchev–Trinajstić information content (AvgIpc) is 3.31. The highest BCUT2D eigenvalue weighted by Gasteiger charge is 2.54. The van der Waals surface area contributed by atoms with Crippen molar-refractivity contribution in [2.24, 2.45) is 17.8 Å². The zero-order valence-corrected chi connectivity index (χ0v) is 29.7. The number of para-hydroxylation sites is 1. The number of hydrogen-bond acceptors (Lipinski definition) is 8. The number of halogens is 1. The number of carboxylic acid groups (broad SMARTS) is 1. The second kappa shape index (κ2) is 17.8. The van der Waals surface area contributed by atoms with Crippen LogP contribution in [-0.4, -0.2) is 76.1 Å². The van der Waals surface area contributed by atoms with E-state index in [1.807, 2.05) is 42.5 Å². The molecule has 2 aromatic rings. The Kier molecular flexibility index (Phi) is 13.9. The molecule has 2 amide bonds. The second-order valence-electron chi connectivity index (χ2n) is 12.5. The normalized spacial score (nSPS) is 20.2. The molecule has 0 radical (unpaired) electrons. The maximum atomic E-state index is 13.7. The zero-order valence-electron chi connectivity index (χ0n) is 27.6. The fraction of sp³-hybridized carbons (Fsp3) is 0.486. The third kappa shape index (κ3) is 9.17. The Morgan fingerprint density at radius 3 is 2.50 bits per heavy atom. The number of carbonyl (C=O) groups excluding carboxylic acids is 2. The molecular weight excluding hydrogens is 729 g/mol. The SMILES string of the molecule is CCC/C(=C\c1cc(I)c(O)c(OC)c1)CC[C@@H](O)C1=C(COc2ccccc2)C[C@H]2C(=O)N(CCCCCC(=O)O)C(=O)[C@H]2[C@H]1CO. The van der Waals surface area contributed by atoms with Crippen molar-refractivity contribution in [3.63, 3.8) is 0 Å². The monoisotopic (exact) mass is 775 g/mol. The number of nitrogens with zero attached hydrogens (tertiary/aromatic N) is 1. The number of likely N-dealkylation sites (tertiary alicyclic amines) is 1. The number of allylic oxidation sites excluding steroid dienone is 1. The van der Waals surface area contributed by atoms with Crippen LogP contribution >= 0.6 is 22.6 Å². The topological polar surface area (TPSA) is 154 Å². The average molecular weight is 776 g/mol. The van der Waals surface area contributed by atoms with Crippen LogP contribution in [0.25, 0.3) is 6.08 Å². The number of fused-ring (bicyclic) bond motifs is 1. The molecule has 2 aromatic carbocycles. The molecule has 1 aliphatic heterocycles. The number of phenolic OH excluding ortho intramolecular Hbond substituents is 1. The van der Waals surface area contributed by atoms with Crippen molar-refractivity contribution in [1.29, 1.82) is 0 Å². The van der Waals surface area contributed by atoms with E-state index in [9.17, 15) is 29.7 Å². The van der Waals surface area contributed by atoms with Gasteiger partial charge in [0, 0.05) is 18.9 Å². The van der Waals surface area contributed by atoms with Crippen LogP contribution in [0.4, 0.5) is 0 Å². The highest BCUT2D eigenvalue weighted by Crippen LogP contribution is 2.46. The lowest BCUT2D eigenvalue weighted by Gasteiger charge is -2.36. The smallest absolute Gasteiger partial charge is 0.303 e. The Balaban J connectivity index is 1.59. The number of rotatable bonds is 18. The van der Waals surface area contributed by atoms with Crippen LogP contribution in [0.5, 0.6) is 17.2 Å². The van der Waals surface area contributed by atoms with Crippen molar-refractivity contribution >= 4 is 46.5 Å². The molecule has 10 nitrogen and oxygen atoms in total. The number of aliphatic carboxylic acids is 1. The number of imide groups is 1. The van der Waals surface area contributed by atoms with E-state index in [2.05, 4.69) is 29.5 Å². The van der Waals surface area contributed by atoms with Gasteiger partial charge in [0.1, 0.15) is 12.4 Å². The minimum atomic E-state index is -0.986. The van der Waals surface area contributed by atoms with E-state index < -0.39 is 36.4 Å². The number of carbonyl (C=O) groups is 3. The third-order valence-electron chi connectivity index (χ3n) is 9.21. The number of amides is 2. The van der Waals surface area contributed by atoms with E-state index in [1.165, 1.54) is 12.0 Å². The molecule has 260 valence electrons. The van der Waals surface area contributed by atoms with Crippen LogP contribution in [0, 0.1) is 21.3 Å². The largest absolute Gasteiger partial charge is 0.504 e. The number of carboxylic acids is 1. The summed E-state index contributed by atoms with van der Waals surface area (Å²) in [4.78, 5) is 39.5. The zero-order chi connectivity index (χ0) is 34.8. The van der Waals surface area contributed by atoms with Gasteiger partial charge >= 0.3 is 5.97 Å². The number of aliphatic hydroxyl groups is 2. The molecule has 4 N–H and O–H groups in total. The van der Waals surface area contributed by atoms with Gasteiger partial charge in [0.2, 0.25) is 11.8 Å². The van der Waals surface area contributed by atoms with Gasteiger partial charge < -0.3 is 29.9 Å². The molecule has 0 bridgehead atoms. The van der Waals surface area contributed by atoms with E-state index >= 15 is 0 Å². The first-order chi connectivity index (χ1) is 23.1. The Hall–Kier alpha value is -3.42. The molecule has 2 aliphatic rings. The summed E-state index contributed by atoms with van der Waals surface area (Å²) in [6.07, 6.45) is 5.43. The first-order valence-corrected chi connectivity index (χ1v) is 17.7. The Morgan fingerprint density at radius 2 is 1.83 bits per heavy atom. The molecule has 1 aliphatic carbocycles. The quantitative estimate of drug-likeness (QED) is 0.0622. The Bertz CT molecular complexity index is 1510. The van der Waals surface area contributed by atoms with E-state index in [-0.39, 0.29) is 43.6 Å². The fourth-order valence-electron chi connectivity index (χ4n) is 6.92. The summed E-state index contributed by atoms with van der Waals surface area (Å²) in [5.74, 6) is -2.63. The van der Waals surface area contributed by atoms with Crippen LogP contribution in [0.1, 0.15) is 70.3 Å². The van der Waals surface area contributed by atoms with Gasteiger partial charge in [-0.25, -0.2) is 0 Å². The van der Waals surface area contributed by atoms with Gasteiger partial charge in [-0.15, -0.1) is 0 Å². The Morgan fingerprint density at radius 1 is 1.08 bits per heavy atom. The highest BCUT2D eigenvalue weighted by molar-refractivity contribution is 14.1. The molecule has 11 heteroatoms. The lowest BCUT2D eigenvalue weighted by molar-refractivity contribution is -0.141. The number of ether oxygens (including phenoxy) is 2. The van der Waals surface area contributed by atoms with Gasteiger partial charge in [-0.05, 0) is 102 Å². The molecule has 1 fully saturated rings. The van der Waals surface area contributed by atoms with E-state index in [0.717, 1.165) is 29.6 Å². The van der Waals surface area contributed by atoms with Gasteiger partial charge in [0.25, 0.3) is 0 Å². The summed E-state index contributed by atoms with van der Waals surface area (Å²) >= 11 is 2.06. The van der Waals surface area contributed by atoms with Crippen molar-refractivity contribution < 1.29 is 44.3 Å². The summed E-state index contributed by atoms with van der Waals surface area (Å²) in [5.41, 5.74) is 3.25. The van der Waals surface area contributed by atoms with E-state index in [0.29, 0.717) is 52.7 Å². The van der Waals surface area contributed by atoms with Gasteiger partial charge in [-0.1, -0.05) is 49.6 Å². The summed E-state index contributed by atoms with van der Waals surface area (Å²) in [6.45, 7) is 1.98. The summed E-state index contributed by atoms with van der Waals surface area (Å²) in [7, 11) is 1.51. The van der Waals surface area contributed by atoms with E-state index in [1.54, 1.807) is 6.07 Å². The number of aliphatic hydroxyl groups excluding tert-OH is 2. The minimum Gasteiger partial charge on any atom is -0.504 e. The molecule has 0 spiro atoms. The molecule has 4 rings (SSSR count). The van der Waals surface area contributed by atoms with Crippen LogP contribution in [-0.2, 0) is 14.4 Å². The van der Waals surface area contributed by atoms with Crippen LogP contribution in [0.3, 0.4) is 0 Å². The van der Waals surface area contributed by atoms with Crippen molar-refractivity contribution in [2.75, 3.05) is 26.9 Å². The first kappa shape index (κ1) is 37.4. The Labute approximate surface area is 295 Å². The lowest BCUT2D eigenvalue weighted by atomic mass is 9.68. The fourth-order valence-corrected chi connectivity index (χ4v) is 7.55. The molecule has 4 atom stereocenters. The van der Waals surface area contributed by atoms with Crippen LogP contribution in [0.15, 0.2) is 59.2 Å². The predicted molar refractivity (Wildman–Crippen MR) is 189 cm³/mol. The van der Waals surface area contributed by atoms with Crippen molar-refractivity contribution in [3.8, 4) is 17.2 Å². The number of aromatic hydroxyl groups is 1. The molecule has 0 aromatic heterocycles. The summed E-state index contributed by atoms with van der Waals surface area (Å²) < 4.78 is 12.1. The van der Waals surface area contributed by atoms with Crippen LogP contribution in [0.2, 0.25) is 0 Å². The van der Waals surface area contributed by atoms with Gasteiger partial charge in [0.05, 0.1) is 35.2 Å². The van der Waals surface area contributed by atoms with Crippen LogP contribution < -0.4 is 9.47 Å². The maximum Gasteiger partial charge on any atom is 0.303 e. The number of benzene rings is 2. The van der Waals surface area contributed by atoms with Crippen molar-refractivity contribution in [1.82, 2.24) is 4.90 Å². The second-order valence-corrected chi connectivity index (χ2v) is 13.6. The van der Waals surface area contributed by atoms with Gasteiger partial charge in [-0.2, -0.15) is 0 Å². The summed E-state index contributed by atoms with van der Waals surface area (Å²) in [5, 5.41) is 41.7. The molecule has 1 saturated heterocycles. The maximum absolute atomic E-state index is 13.7. The lowest BCUT2D eigenvalue weighted by Crippen LogP contribution is -2.40. The molecule has 48 heavy (non-hydrogen) atoms. The third-order valence-corrected chi connectivity index (χ3v) is 10.0. The number of hydrogen-bond donors (Lipinski definition) is 4. The van der Waals surface area contributed by atoms with Gasteiger partial charge in [0.15, 0.2) is 11.5 Å². The van der Waals surface area contributed by atoms with Crippen molar-refractivity contribution in [3.05, 3.63) is 68.3 Å².